The van der Waals surface area contributed by atoms with E-state index in [0.29, 0.717) is 12.2 Å². The number of rotatable bonds is 7. The third-order valence-electron chi connectivity index (χ3n) is 4.31. The number of benzene rings is 3. The van der Waals surface area contributed by atoms with Gasteiger partial charge in [0, 0.05) is 12.2 Å². The lowest BCUT2D eigenvalue weighted by molar-refractivity contribution is -0.120. The Labute approximate surface area is 169 Å². The molecule has 0 bridgehead atoms. The quantitative estimate of drug-likeness (QED) is 0.620. The summed E-state index contributed by atoms with van der Waals surface area (Å²) in [5, 5.41) is 2.86. The number of carbonyl (C=O) groups excluding carboxylic acids is 1. The van der Waals surface area contributed by atoms with E-state index >= 15 is 0 Å². The number of amides is 1. The Kier molecular flexibility index (Phi) is 6.29. The predicted molar refractivity (Wildman–Crippen MR) is 110 cm³/mol. The zero-order chi connectivity index (χ0) is 20.9. The molecule has 0 radical (unpaired) electrons. The molecule has 0 saturated heterocycles. The molecule has 5 nitrogen and oxygen atoms in total. The van der Waals surface area contributed by atoms with Crippen molar-refractivity contribution in [2.24, 2.45) is 0 Å². The zero-order valence-electron chi connectivity index (χ0n) is 15.9. The normalized spacial score (nSPS) is 11.1. The lowest BCUT2D eigenvalue weighted by atomic mass is 10.1. The van der Waals surface area contributed by atoms with Crippen LogP contribution in [0.15, 0.2) is 77.7 Å². The van der Waals surface area contributed by atoms with E-state index in [1.165, 1.54) is 12.1 Å². The molecule has 0 unspecified atom stereocenters. The molecule has 0 aliphatic heterocycles. The Bertz CT molecular complexity index is 1080. The molecule has 1 amide bonds. The summed E-state index contributed by atoms with van der Waals surface area (Å²) in [5.41, 5.74) is 3.30. The molecule has 3 aromatic carbocycles. The summed E-state index contributed by atoms with van der Waals surface area (Å²) < 4.78 is 40.0. The first-order valence-electron chi connectivity index (χ1n) is 9.01. The van der Waals surface area contributed by atoms with Gasteiger partial charge in [-0.1, -0.05) is 42.0 Å². The maximum atomic E-state index is 13.0. The minimum Gasteiger partial charge on any atom is -0.352 e. The van der Waals surface area contributed by atoms with Gasteiger partial charge in [-0.15, -0.1) is 0 Å². The van der Waals surface area contributed by atoms with Gasteiger partial charge in [-0.2, -0.15) is 0 Å². The maximum Gasteiger partial charge on any atom is 0.261 e. The average Bonchev–Trinajstić information content (AvgIpc) is 2.69. The molecule has 3 rings (SSSR count). The largest absolute Gasteiger partial charge is 0.352 e. The van der Waals surface area contributed by atoms with Gasteiger partial charge in [0.15, 0.2) is 0 Å². The van der Waals surface area contributed by atoms with Gasteiger partial charge >= 0.3 is 0 Å². The van der Waals surface area contributed by atoms with E-state index in [-0.39, 0.29) is 17.2 Å². The van der Waals surface area contributed by atoms with E-state index in [1.807, 2.05) is 31.2 Å². The molecule has 0 atom stereocenters. The van der Waals surface area contributed by atoms with Gasteiger partial charge in [0.05, 0.1) is 11.3 Å². The average molecular weight is 412 g/mol. The second-order valence-electron chi connectivity index (χ2n) is 6.70. The van der Waals surface area contributed by atoms with Crippen LogP contribution in [0.4, 0.5) is 10.1 Å². The standard InChI is InChI=1S/C22H21FN2O3S/c1-16-2-4-18(5-3-16)15-24-22(26)14-17-6-10-20(11-7-17)25-29(27,28)21-12-8-19(23)9-13-21/h2-13,25H,14-15H2,1H3,(H,24,26). The van der Waals surface area contributed by atoms with Crippen molar-refractivity contribution < 1.29 is 17.6 Å². The van der Waals surface area contributed by atoms with Crippen molar-refractivity contribution in [3.05, 3.63) is 95.3 Å². The smallest absolute Gasteiger partial charge is 0.261 e. The van der Waals surface area contributed by atoms with Crippen molar-refractivity contribution >= 4 is 21.6 Å². The van der Waals surface area contributed by atoms with E-state index in [1.54, 1.807) is 24.3 Å². The van der Waals surface area contributed by atoms with E-state index in [2.05, 4.69) is 10.0 Å². The lowest BCUT2D eigenvalue weighted by Crippen LogP contribution is -2.24. The van der Waals surface area contributed by atoms with Crippen LogP contribution in [0.2, 0.25) is 0 Å². The minimum absolute atomic E-state index is 0.0292. The van der Waals surface area contributed by atoms with Gasteiger partial charge in [-0.25, -0.2) is 12.8 Å². The predicted octanol–water partition coefficient (Wildman–Crippen LogP) is 3.79. The highest BCUT2D eigenvalue weighted by molar-refractivity contribution is 7.92. The molecule has 0 aliphatic carbocycles. The number of aryl methyl sites for hydroxylation is 1. The van der Waals surface area contributed by atoms with Crippen LogP contribution in [0.3, 0.4) is 0 Å². The van der Waals surface area contributed by atoms with Crippen LogP contribution in [0.1, 0.15) is 16.7 Å². The number of sulfonamides is 1. The van der Waals surface area contributed by atoms with Crippen molar-refractivity contribution in [1.82, 2.24) is 5.32 Å². The second-order valence-corrected chi connectivity index (χ2v) is 8.38. The van der Waals surface area contributed by atoms with Crippen molar-refractivity contribution in [1.29, 1.82) is 0 Å². The highest BCUT2D eigenvalue weighted by Gasteiger charge is 2.14. The maximum absolute atomic E-state index is 13.0. The Hall–Kier alpha value is -3.19. The van der Waals surface area contributed by atoms with Gasteiger partial charge in [-0.05, 0) is 54.4 Å². The van der Waals surface area contributed by atoms with E-state index in [0.717, 1.165) is 28.8 Å². The molecule has 29 heavy (non-hydrogen) atoms. The molecule has 3 aromatic rings. The SMILES string of the molecule is Cc1ccc(CNC(=O)Cc2ccc(NS(=O)(=O)c3ccc(F)cc3)cc2)cc1. The van der Waals surface area contributed by atoms with Crippen LogP contribution in [0.5, 0.6) is 0 Å². The number of nitrogens with one attached hydrogen (secondary N) is 2. The van der Waals surface area contributed by atoms with Crippen LogP contribution >= 0.6 is 0 Å². The van der Waals surface area contributed by atoms with Gasteiger partial charge < -0.3 is 5.32 Å². The van der Waals surface area contributed by atoms with Gasteiger partial charge in [-0.3, -0.25) is 9.52 Å². The van der Waals surface area contributed by atoms with Crippen LogP contribution in [0, 0.1) is 12.7 Å². The van der Waals surface area contributed by atoms with E-state index in [9.17, 15) is 17.6 Å². The Morgan fingerprint density at radius 3 is 2.07 bits per heavy atom. The monoisotopic (exact) mass is 412 g/mol. The third kappa shape index (κ3) is 5.89. The molecular weight excluding hydrogens is 391 g/mol. The Balaban J connectivity index is 1.56. The van der Waals surface area contributed by atoms with Crippen LogP contribution in [-0.4, -0.2) is 14.3 Å². The van der Waals surface area contributed by atoms with Crippen molar-refractivity contribution in [3.63, 3.8) is 0 Å². The lowest BCUT2D eigenvalue weighted by Gasteiger charge is -2.09. The fourth-order valence-electron chi connectivity index (χ4n) is 2.67. The van der Waals surface area contributed by atoms with Crippen molar-refractivity contribution in [2.75, 3.05) is 4.72 Å². The topological polar surface area (TPSA) is 75.3 Å². The first-order valence-corrected chi connectivity index (χ1v) is 10.5. The van der Waals surface area contributed by atoms with Gasteiger partial charge in [0.25, 0.3) is 10.0 Å². The van der Waals surface area contributed by atoms with Crippen molar-refractivity contribution in [3.8, 4) is 0 Å². The molecule has 2 N–H and O–H groups in total. The number of hydrogen-bond acceptors (Lipinski definition) is 3. The molecule has 7 heteroatoms. The molecule has 150 valence electrons. The number of hydrogen-bond donors (Lipinski definition) is 2. The Morgan fingerprint density at radius 2 is 1.45 bits per heavy atom. The second kappa shape index (κ2) is 8.87. The first-order chi connectivity index (χ1) is 13.8. The molecule has 0 aliphatic rings. The fraction of sp³-hybridized carbons (Fsp3) is 0.136. The Morgan fingerprint density at radius 1 is 0.862 bits per heavy atom. The highest BCUT2D eigenvalue weighted by atomic mass is 32.2. The summed E-state index contributed by atoms with van der Waals surface area (Å²) >= 11 is 0. The minimum atomic E-state index is -3.80. The molecule has 0 aromatic heterocycles. The number of anilines is 1. The fourth-order valence-corrected chi connectivity index (χ4v) is 3.73. The highest BCUT2D eigenvalue weighted by Crippen LogP contribution is 2.17. The third-order valence-corrected chi connectivity index (χ3v) is 5.70. The van der Waals surface area contributed by atoms with Gasteiger partial charge in [0.1, 0.15) is 5.82 Å². The van der Waals surface area contributed by atoms with Gasteiger partial charge in [0.2, 0.25) is 5.91 Å². The molecule has 0 heterocycles. The summed E-state index contributed by atoms with van der Waals surface area (Å²) in [5.74, 6) is -0.626. The number of halogens is 1. The first kappa shape index (κ1) is 20.5. The summed E-state index contributed by atoms with van der Waals surface area (Å²) in [7, 11) is -3.80. The van der Waals surface area contributed by atoms with Crippen LogP contribution in [0.25, 0.3) is 0 Å². The van der Waals surface area contributed by atoms with E-state index in [4.69, 9.17) is 0 Å². The van der Waals surface area contributed by atoms with Crippen LogP contribution in [-0.2, 0) is 27.8 Å². The summed E-state index contributed by atoms with van der Waals surface area (Å²) in [4.78, 5) is 12.1. The summed E-state index contributed by atoms with van der Waals surface area (Å²) in [6, 6.07) is 19.1. The summed E-state index contributed by atoms with van der Waals surface area (Å²) in [6.07, 6.45) is 0.191. The molecular formula is C22H21FN2O3S. The molecule has 0 saturated carbocycles. The zero-order valence-corrected chi connectivity index (χ0v) is 16.7. The molecule has 0 fully saturated rings. The van der Waals surface area contributed by atoms with Crippen molar-refractivity contribution in [2.45, 2.75) is 24.8 Å². The van der Waals surface area contributed by atoms with Crippen LogP contribution < -0.4 is 10.0 Å². The van der Waals surface area contributed by atoms with E-state index < -0.39 is 15.8 Å². The summed E-state index contributed by atoms with van der Waals surface area (Å²) in [6.45, 7) is 2.46. The molecule has 0 spiro atoms. The number of carbonyl (C=O) groups is 1.